The summed E-state index contributed by atoms with van der Waals surface area (Å²) in [4.78, 5) is 14.0. The minimum atomic E-state index is 0.103. The Morgan fingerprint density at radius 3 is 2.78 bits per heavy atom. The molecule has 1 fully saturated rings. The summed E-state index contributed by atoms with van der Waals surface area (Å²) in [6.07, 6.45) is 0. The molecule has 1 aliphatic heterocycles. The average molecular weight is 313 g/mol. The molecule has 0 unspecified atom stereocenters. The summed E-state index contributed by atoms with van der Waals surface area (Å²) in [6.45, 7) is 3.66. The number of nitrogens with one attached hydrogen (secondary N) is 1. The summed E-state index contributed by atoms with van der Waals surface area (Å²) in [5, 5.41) is 2.87. The highest BCUT2D eigenvalue weighted by Gasteiger charge is 2.15. The smallest absolute Gasteiger partial charge is 0.176 e. The van der Waals surface area contributed by atoms with Gasteiger partial charge < -0.3 is 15.0 Å². The highest BCUT2D eigenvalue weighted by atomic mass is 79.9. The normalized spacial score (nSPS) is 15.8. The van der Waals surface area contributed by atoms with Gasteiger partial charge in [0.2, 0.25) is 0 Å². The van der Waals surface area contributed by atoms with E-state index in [2.05, 4.69) is 26.1 Å². The van der Waals surface area contributed by atoms with Crippen LogP contribution in [0.25, 0.3) is 0 Å². The van der Waals surface area contributed by atoms with Gasteiger partial charge in [0, 0.05) is 23.1 Å². The molecule has 5 heteroatoms. The summed E-state index contributed by atoms with van der Waals surface area (Å²) >= 11 is 3.55. The lowest BCUT2D eigenvalue weighted by atomic mass is 10.1. The number of nitrogens with zero attached hydrogens (tertiary/aromatic N) is 1. The molecule has 1 heterocycles. The van der Waals surface area contributed by atoms with Crippen LogP contribution >= 0.6 is 15.9 Å². The zero-order valence-electron chi connectivity index (χ0n) is 10.4. The highest BCUT2D eigenvalue weighted by Crippen LogP contribution is 2.28. The number of anilines is 1. The number of carbonyl (C=O) groups excluding carboxylic acids is 1. The minimum Gasteiger partial charge on any atom is -0.378 e. The van der Waals surface area contributed by atoms with Gasteiger partial charge in [-0.3, -0.25) is 4.79 Å². The Kier molecular flexibility index (Phi) is 4.74. The van der Waals surface area contributed by atoms with Crippen LogP contribution in [0.5, 0.6) is 0 Å². The Bertz CT molecular complexity index is 431. The Labute approximate surface area is 115 Å². The first-order valence-electron chi connectivity index (χ1n) is 6.02. The number of ether oxygens (including phenoxy) is 1. The van der Waals surface area contributed by atoms with Crippen molar-refractivity contribution in [1.82, 2.24) is 5.32 Å². The molecule has 0 amide bonds. The second-order valence-corrected chi connectivity index (χ2v) is 5.07. The van der Waals surface area contributed by atoms with E-state index in [4.69, 9.17) is 4.74 Å². The fourth-order valence-electron chi connectivity index (χ4n) is 2.00. The van der Waals surface area contributed by atoms with Crippen LogP contribution in [0.15, 0.2) is 22.7 Å². The summed E-state index contributed by atoms with van der Waals surface area (Å²) < 4.78 is 6.30. The number of rotatable bonds is 4. The third-order valence-corrected chi connectivity index (χ3v) is 3.59. The maximum Gasteiger partial charge on any atom is 0.176 e. The van der Waals surface area contributed by atoms with Gasteiger partial charge in [-0.15, -0.1) is 0 Å². The van der Waals surface area contributed by atoms with Gasteiger partial charge in [-0.2, -0.15) is 0 Å². The molecule has 2 rings (SSSR count). The second-order valence-electron chi connectivity index (χ2n) is 4.22. The Hall–Kier alpha value is -0.910. The molecule has 98 valence electrons. The topological polar surface area (TPSA) is 41.6 Å². The van der Waals surface area contributed by atoms with Crippen LogP contribution in [0, 0.1) is 0 Å². The van der Waals surface area contributed by atoms with Gasteiger partial charge in [-0.05, 0) is 41.2 Å². The van der Waals surface area contributed by atoms with E-state index < -0.39 is 0 Å². The number of Topliss-reactive ketones (excluding diaryl/α,β-unsaturated/α-hetero) is 1. The molecule has 18 heavy (non-hydrogen) atoms. The number of carbonyl (C=O) groups is 1. The molecular formula is C13H17BrN2O2. The molecule has 1 aromatic rings. The Balaban J connectivity index is 2.16. The Morgan fingerprint density at radius 2 is 2.17 bits per heavy atom. The number of hydrogen-bond acceptors (Lipinski definition) is 4. The number of benzene rings is 1. The van der Waals surface area contributed by atoms with Crippen LogP contribution in [0.3, 0.4) is 0 Å². The zero-order valence-corrected chi connectivity index (χ0v) is 12.0. The van der Waals surface area contributed by atoms with Crippen LogP contribution in [-0.4, -0.2) is 45.7 Å². The van der Waals surface area contributed by atoms with Crippen LogP contribution < -0.4 is 10.2 Å². The third kappa shape index (κ3) is 3.10. The molecule has 0 aromatic heterocycles. The van der Waals surface area contributed by atoms with Crippen molar-refractivity contribution >= 4 is 27.4 Å². The molecule has 1 aromatic carbocycles. The van der Waals surface area contributed by atoms with Crippen molar-refractivity contribution in [2.45, 2.75) is 0 Å². The first-order chi connectivity index (χ1) is 8.72. The summed E-state index contributed by atoms with van der Waals surface area (Å²) in [5.74, 6) is 0.103. The van der Waals surface area contributed by atoms with Crippen molar-refractivity contribution < 1.29 is 9.53 Å². The lowest BCUT2D eigenvalue weighted by Crippen LogP contribution is -2.36. The summed E-state index contributed by atoms with van der Waals surface area (Å²) in [5.41, 5.74) is 1.85. The molecule has 0 radical (unpaired) electrons. The van der Waals surface area contributed by atoms with E-state index in [-0.39, 0.29) is 5.78 Å². The van der Waals surface area contributed by atoms with Crippen molar-refractivity contribution in [3.63, 3.8) is 0 Å². The first-order valence-corrected chi connectivity index (χ1v) is 6.81. The van der Waals surface area contributed by atoms with Crippen molar-refractivity contribution in [3.05, 3.63) is 28.2 Å². The van der Waals surface area contributed by atoms with E-state index in [1.165, 1.54) is 0 Å². The molecule has 1 N–H and O–H groups in total. The number of hydrogen-bond donors (Lipinski definition) is 1. The fourth-order valence-corrected chi connectivity index (χ4v) is 2.63. The van der Waals surface area contributed by atoms with Crippen LogP contribution in [0.2, 0.25) is 0 Å². The van der Waals surface area contributed by atoms with E-state index in [0.717, 1.165) is 42.0 Å². The zero-order chi connectivity index (χ0) is 13.0. The lowest BCUT2D eigenvalue weighted by Gasteiger charge is -2.29. The Morgan fingerprint density at radius 1 is 1.44 bits per heavy atom. The fraction of sp³-hybridized carbons (Fsp3) is 0.462. The van der Waals surface area contributed by atoms with E-state index in [9.17, 15) is 4.79 Å². The number of halogens is 1. The number of morpholine rings is 1. The monoisotopic (exact) mass is 312 g/mol. The molecule has 0 spiro atoms. The van der Waals surface area contributed by atoms with Crippen LogP contribution in [0.1, 0.15) is 10.4 Å². The van der Waals surface area contributed by atoms with Gasteiger partial charge in [-0.25, -0.2) is 0 Å². The molecule has 0 saturated carbocycles. The molecule has 4 nitrogen and oxygen atoms in total. The predicted octanol–water partition coefficient (Wildman–Crippen LogP) is 1.69. The van der Waals surface area contributed by atoms with E-state index >= 15 is 0 Å². The van der Waals surface area contributed by atoms with Gasteiger partial charge in [-0.1, -0.05) is 0 Å². The predicted molar refractivity (Wildman–Crippen MR) is 75.4 cm³/mol. The van der Waals surface area contributed by atoms with Crippen molar-refractivity contribution in [2.75, 3.05) is 44.8 Å². The average Bonchev–Trinajstić information content (AvgIpc) is 2.40. The number of likely N-dealkylation sites (N-methyl/N-ethyl adjacent to an activating group) is 1. The van der Waals surface area contributed by atoms with E-state index in [1.54, 1.807) is 7.05 Å². The largest absolute Gasteiger partial charge is 0.378 e. The van der Waals surface area contributed by atoms with Gasteiger partial charge in [0.25, 0.3) is 0 Å². The van der Waals surface area contributed by atoms with Crippen molar-refractivity contribution in [1.29, 1.82) is 0 Å². The lowest BCUT2D eigenvalue weighted by molar-refractivity contribution is 0.0993. The molecular weight excluding hydrogens is 296 g/mol. The van der Waals surface area contributed by atoms with E-state index in [1.807, 2.05) is 18.2 Å². The van der Waals surface area contributed by atoms with Gasteiger partial charge in [0.1, 0.15) is 0 Å². The number of ketones is 1. The highest BCUT2D eigenvalue weighted by molar-refractivity contribution is 9.10. The maximum atomic E-state index is 11.8. The van der Waals surface area contributed by atoms with Crippen molar-refractivity contribution in [2.24, 2.45) is 0 Å². The summed E-state index contributed by atoms with van der Waals surface area (Å²) in [6, 6.07) is 5.78. The second kappa shape index (κ2) is 6.31. The molecule has 0 atom stereocenters. The molecule has 1 saturated heterocycles. The standard InChI is InChI=1S/C13H17BrN2O2/c1-15-9-13(17)10-2-3-12(11(14)8-10)16-4-6-18-7-5-16/h2-3,8,15H,4-7,9H2,1H3. The van der Waals surface area contributed by atoms with Gasteiger partial charge in [0.05, 0.1) is 25.4 Å². The molecule has 1 aliphatic rings. The van der Waals surface area contributed by atoms with Crippen LogP contribution in [0.4, 0.5) is 5.69 Å². The third-order valence-electron chi connectivity index (χ3n) is 2.96. The van der Waals surface area contributed by atoms with Crippen molar-refractivity contribution in [3.8, 4) is 0 Å². The van der Waals surface area contributed by atoms with E-state index in [0.29, 0.717) is 6.54 Å². The first kappa shape index (κ1) is 13.5. The minimum absolute atomic E-state index is 0.103. The van der Waals surface area contributed by atoms with Gasteiger partial charge >= 0.3 is 0 Å². The molecule has 0 bridgehead atoms. The SMILES string of the molecule is CNCC(=O)c1ccc(N2CCOCC2)c(Br)c1. The quantitative estimate of drug-likeness (QED) is 0.859. The summed E-state index contributed by atoms with van der Waals surface area (Å²) in [7, 11) is 1.77. The maximum absolute atomic E-state index is 11.8. The molecule has 0 aliphatic carbocycles. The van der Waals surface area contributed by atoms with Gasteiger partial charge in [0.15, 0.2) is 5.78 Å². The van der Waals surface area contributed by atoms with Crippen LogP contribution in [-0.2, 0) is 4.74 Å².